The zero-order valence-electron chi connectivity index (χ0n) is 15.5. The Hall–Kier alpha value is -1.90. The maximum atomic E-state index is 12.2. The number of hydrogen-bond donors (Lipinski definition) is 0. The van der Waals surface area contributed by atoms with Gasteiger partial charge in [0.05, 0.1) is 0 Å². The minimum absolute atomic E-state index is 0.214. The number of benzene rings is 2. The Bertz CT molecular complexity index is 656. The van der Waals surface area contributed by atoms with Crippen LogP contribution in [0.1, 0.15) is 61.6 Å². The van der Waals surface area contributed by atoms with Gasteiger partial charge in [0.1, 0.15) is 5.75 Å². The van der Waals surface area contributed by atoms with Gasteiger partial charge in [0.25, 0.3) is 0 Å². The van der Waals surface area contributed by atoms with Crippen molar-refractivity contribution in [2.24, 2.45) is 5.92 Å². The molecule has 1 saturated carbocycles. The van der Waals surface area contributed by atoms with Crippen LogP contribution >= 0.6 is 0 Å². The van der Waals surface area contributed by atoms with E-state index in [1.807, 2.05) is 12.1 Å². The molecule has 0 heterocycles. The Balaban J connectivity index is 1.50. The molecule has 0 aromatic heterocycles. The molecule has 3 heteroatoms. The second kappa shape index (κ2) is 9.16. The average Bonchev–Trinajstić information content (AvgIpc) is 2.67. The maximum absolute atomic E-state index is 12.2. The molecule has 0 saturated heterocycles. The van der Waals surface area contributed by atoms with E-state index >= 15 is 0 Å². The van der Waals surface area contributed by atoms with E-state index in [0.717, 1.165) is 30.2 Å². The lowest BCUT2D eigenvalue weighted by atomic mass is 9.78. The molecule has 0 radical (unpaired) electrons. The fourth-order valence-electron chi connectivity index (χ4n) is 3.99. The van der Waals surface area contributed by atoms with Crippen molar-refractivity contribution in [1.29, 1.82) is 0 Å². The first-order valence-corrected chi connectivity index (χ1v) is 9.76. The average molecular weight is 358 g/mol. The summed E-state index contributed by atoms with van der Waals surface area (Å²) in [4.78, 5) is 0. The Morgan fingerprint density at radius 2 is 1.38 bits per heavy atom. The van der Waals surface area contributed by atoms with Crippen LogP contribution in [0.15, 0.2) is 48.5 Å². The van der Waals surface area contributed by atoms with Crippen LogP contribution in [0, 0.1) is 5.92 Å². The van der Waals surface area contributed by atoms with E-state index < -0.39 is 6.61 Å². The molecule has 3 rings (SSSR count). The number of hydrogen-bond acceptors (Lipinski definition) is 1. The molecule has 0 atom stereocenters. The molecule has 0 unspecified atom stereocenters. The van der Waals surface area contributed by atoms with Crippen LogP contribution in [0.3, 0.4) is 0 Å². The van der Waals surface area contributed by atoms with Crippen molar-refractivity contribution in [3.63, 3.8) is 0 Å². The largest absolute Gasteiger partial charge is 0.435 e. The summed E-state index contributed by atoms with van der Waals surface area (Å²) in [7, 11) is 0. The molecular weight excluding hydrogens is 330 g/mol. The second-order valence-electron chi connectivity index (χ2n) is 7.39. The van der Waals surface area contributed by atoms with Crippen molar-refractivity contribution in [2.45, 2.75) is 64.4 Å². The third-order valence-electron chi connectivity index (χ3n) is 5.73. The standard InChI is InChI=1S/C23H28F2O/c1-2-17-5-11-20(12-6-17)21-13-7-18(8-14-21)3-4-19-9-15-22(16-10-19)26-23(24)25/h7-10,13-17,20,23H,2-6,11-12H2,1H3. The van der Waals surface area contributed by atoms with Gasteiger partial charge in [0.15, 0.2) is 0 Å². The van der Waals surface area contributed by atoms with Gasteiger partial charge in [-0.25, -0.2) is 0 Å². The summed E-state index contributed by atoms with van der Waals surface area (Å²) >= 11 is 0. The summed E-state index contributed by atoms with van der Waals surface area (Å²) < 4.78 is 28.7. The molecule has 1 aliphatic rings. The lowest BCUT2D eigenvalue weighted by molar-refractivity contribution is -0.0498. The third kappa shape index (κ3) is 5.30. The summed E-state index contributed by atoms with van der Waals surface area (Å²) in [6.45, 7) is -0.463. The van der Waals surface area contributed by atoms with Crippen LogP contribution in [0.5, 0.6) is 5.75 Å². The van der Waals surface area contributed by atoms with E-state index in [1.165, 1.54) is 43.2 Å². The van der Waals surface area contributed by atoms with Crippen molar-refractivity contribution in [1.82, 2.24) is 0 Å². The third-order valence-corrected chi connectivity index (χ3v) is 5.73. The maximum Gasteiger partial charge on any atom is 0.387 e. The normalized spacial score (nSPS) is 20.3. The minimum Gasteiger partial charge on any atom is -0.435 e. The van der Waals surface area contributed by atoms with Crippen molar-refractivity contribution in [3.05, 3.63) is 65.2 Å². The molecule has 2 aromatic rings. The monoisotopic (exact) mass is 358 g/mol. The van der Waals surface area contributed by atoms with Gasteiger partial charge in [-0.15, -0.1) is 0 Å². The molecule has 26 heavy (non-hydrogen) atoms. The zero-order valence-corrected chi connectivity index (χ0v) is 15.5. The van der Waals surface area contributed by atoms with Gasteiger partial charge in [-0.3, -0.25) is 0 Å². The number of aryl methyl sites for hydroxylation is 2. The molecule has 0 spiro atoms. The second-order valence-corrected chi connectivity index (χ2v) is 7.39. The van der Waals surface area contributed by atoms with Crippen molar-refractivity contribution < 1.29 is 13.5 Å². The highest BCUT2D eigenvalue weighted by Gasteiger charge is 2.21. The van der Waals surface area contributed by atoms with E-state index in [1.54, 1.807) is 12.1 Å². The number of halogens is 2. The predicted molar refractivity (Wildman–Crippen MR) is 102 cm³/mol. The van der Waals surface area contributed by atoms with Gasteiger partial charge >= 0.3 is 6.61 Å². The number of alkyl halides is 2. The van der Waals surface area contributed by atoms with E-state index in [4.69, 9.17) is 0 Å². The fraction of sp³-hybridized carbons (Fsp3) is 0.478. The summed E-state index contributed by atoms with van der Waals surface area (Å²) in [5, 5.41) is 0. The molecule has 0 aliphatic heterocycles. The van der Waals surface area contributed by atoms with Crippen LogP contribution < -0.4 is 4.74 Å². The first-order chi connectivity index (χ1) is 12.6. The van der Waals surface area contributed by atoms with E-state index in [-0.39, 0.29) is 5.75 Å². The molecular formula is C23H28F2O. The van der Waals surface area contributed by atoms with E-state index in [2.05, 4.69) is 35.9 Å². The zero-order chi connectivity index (χ0) is 18.4. The van der Waals surface area contributed by atoms with Gasteiger partial charge < -0.3 is 4.74 Å². The summed E-state index contributed by atoms with van der Waals surface area (Å²) in [5.41, 5.74) is 3.94. The minimum atomic E-state index is -2.77. The SMILES string of the molecule is CCC1CCC(c2ccc(CCc3ccc(OC(F)F)cc3)cc2)CC1. The number of ether oxygens (including phenoxy) is 1. The summed E-state index contributed by atoms with van der Waals surface area (Å²) in [5.74, 6) is 1.88. The molecule has 140 valence electrons. The van der Waals surface area contributed by atoms with Gasteiger partial charge in [-0.1, -0.05) is 49.7 Å². The van der Waals surface area contributed by atoms with Crippen LogP contribution in [0.25, 0.3) is 0 Å². The molecule has 2 aromatic carbocycles. The van der Waals surface area contributed by atoms with E-state index in [0.29, 0.717) is 0 Å². The Morgan fingerprint density at radius 3 is 1.88 bits per heavy atom. The van der Waals surface area contributed by atoms with Gasteiger partial charge in [-0.05, 0) is 79.2 Å². The molecule has 0 amide bonds. The van der Waals surface area contributed by atoms with Crippen molar-refractivity contribution in [3.8, 4) is 5.75 Å². The lowest BCUT2D eigenvalue weighted by Crippen LogP contribution is -2.12. The molecule has 0 bridgehead atoms. The van der Waals surface area contributed by atoms with Crippen molar-refractivity contribution in [2.75, 3.05) is 0 Å². The highest BCUT2D eigenvalue weighted by atomic mass is 19.3. The van der Waals surface area contributed by atoms with Crippen LogP contribution in [-0.4, -0.2) is 6.61 Å². The molecule has 0 N–H and O–H groups in total. The highest BCUT2D eigenvalue weighted by Crippen LogP contribution is 2.36. The first kappa shape index (κ1) is 18.9. The van der Waals surface area contributed by atoms with Gasteiger partial charge in [0, 0.05) is 0 Å². The lowest BCUT2D eigenvalue weighted by Gasteiger charge is -2.28. The highest BCUT2D eigenvalue weighted by molar-refractivity contribution is 5.30. The van der Waals surface area contributed by atoms with Crippen LogP contribution in [0.2, 0.25) is 0 Å². The predicted octanol–water partition coefficient (Wildman–Crippen LogP) is 6.76. The Labute approximate surface area is 155 Å². The Morgan fingerprint density at radius 1 is 0.846 bits per heavy atom. The topological polar surface area (TPSA) is 9.23 Å². The van der Waals surface area contributed by atoms with E-state index in [9.17, 15) is 8.78 Å². The van der Waals surface area contributed by atoms with Crippen LogP contribution in [-0.2, 0) is 12.8 Å². The molecule has 1 nitrogen and oxygen atoms in total. The number of rotatable bonds is 7. The Kier molecular flexibility index (Phi) is 6.65. The quantitative estimate of drug-likeness (QED) is 0.531. The van der Waals surface area contributed by atoms with Gasteiger partial charge in [-0.2, -0.15) is 8.78 Å². The first-order valence-electron chi connectivity index (χ1n) is 9.76. The molecule has 1 fully saturated rings. The fourth-order valence-corrected chi connectivity index (χ4v) is 3.99. The smallest absolute Gasteiger partial charge is 0.387 e. The molecule has 1 aliphatic carbocycles. The van der Waals surface area contributed by atoms with Gasteiger partial charge in [0.2, 0.25) is 0 Å². The van der Waals surface area contributed by atoms with Crippen molar-refractivity contribution >= 4 is 0 Å². The van der Waals surface area contributed by atoms with Crippen LogP contribution in [0.4, 0.5) is 8.78 Å². The summed E-state index contributed by atoms with van der Waals surface area (Å²) in [6.07, 6.45) is 8.56. The summed E-state index contributed by atoms with van der Waals surface area (Å²) in [6, 6.07) is 16.0.